The molecule has 0 unspecified atom stereocenters. The van der Waals surface area contributed by atoms with Crippen molar-refractivity contribution in [3.63, 3.8) is 0 Å². The Balaban J connectivity index is 1.81. The molecular weight excluding hydrogens is 272 g/mol. The van der Waals surface area contributed by atoms with Crippen LogP contribution in [0.3, 0.4) is 0 Å². The third-order valence-electron chi connectivity index (χ3n) is 3.38. The summed E-state index contributed by atoms with van der Waals surface area (Å²) in [6.45, 7) is 0.228. The van der Waals surface area contributed by atoms with Gasteiger partial charge in [-0.1, -0.05) is 0 Å². The Bertz CT molecular complexity index is 869. The number of imidazole rings is 1. The zero-order valence-corrected chi connectivity index (χ0v) is 10.8. The molecule has 1 N–H and O–H groups in total. The van der Waals surface area contributed by atoms with Crippen LogP contribution in [0.1, 0.15) is 10.4 Å². The summed E-state index contributed by atoms with van der Waals surface area (Å²) >= 11 is 0. The van der Waals surface area contributed by atoms with Crippen molar-refractivity contribution in [3.05, 3.63) is 48.3 Å². The first-order valence-corrected chi connectivity index (χ1v) is 6.33. The topological polar surface area (TPSA) is 73.1 Å². The fourth-order valence-electron chi connectivity index (χ4n) is 2.31. The average Bonchev–Trinajstić information content (AvgIpc) is 3.11. The van der Waals surface area contributed by atoms with Crippen LogP contribution in [0, 0.1) is 0 Å². The average molecular weight is 282 g/mol. The number of ether oxygens (including phenoxy) is 2. The lowest BCUT2D eigenvalue weighted by atomic mass is 10.1. The van der Waals surface area contributed by atoms with Crippen molar-refractivity contribution < 1.29 is 19.4 Å². The summed E-state index contributed by atoms with van der Waals surface area (Å²) in [6.07, 6.45) is 3.53. The molecule has 0 aliphatic carbocycles. The minimum Gasteiger partial charge on any atom is -0.478 e. The van der Waals surface area contributed by atoms with E-state index in [0.717, 1.165) is 17.0 Å². The number of nitrogens with zero attached hydrogens (tertiary/aromatic N) is 2. The van der Waals surface area contributed by atoms with E-state index in [1.54, 1.807) is 22.7 Å². The van der Waals surface area contributed by atoms with Gasteiger partial charge in [0.25, 0.3) is 0 Å². The number of hydrogen-bond acceptors (Lipinski definition) is 4. The lowest BCUT2D eigenvalue weighted by Gasteiger charge is -1.98. The Kier molecular flexibility index (Phi) is 2.38. The third kappa shape index (κ3) is 1.88. The van der Waals surface area contributed by atoms with E-state index in [0.29, 0.717) is 11.4 Å². The minimum atomic E-state index is -0.967. The molecule has 1 aliphatic rings. The molecule has 1 aromatic carbocycles. The highest BCUT2D eigenvalue weighted by Crippen LogP contribution is 2.35. The zero-order chi connectivity index (χ0) is 14.4. The number of carboxylic acids is 1. The molecule has 0 spiro atoms. The molecule has 0 radical (unpaired) electrons. The molecule has 104 valence electrons. The number of carbonyl (C=O) groups is 1. The van der Waals surface area contributed by atoms with Crippen molar-refractivity contribution in [1.29, 1.82) is 0 Å². The van der Waals surface area contributed by atoms with Gasteiger partial charge in [-0.3, -0.25) is 0 Å². The number of carboxylic acid groups (broad SMARTS) is 1. The molecule has 2 aromatic heterocycles. The number of pyridine rings is 1. The van der Waals surface area contributed by atoms with E-state index >= 15 is 0 Å². The van der Waals surface area contributed by atoms with Gasteiger partial charge >= 0.3 is 5.97 Å². The number of benzene rings is 1. The van der Waals surface area contributed by atoms with Gasteiger partial charge in [-0.25, -0.2) is 9.78 Å². The summed E-state index contributed by atoms with van der Waals surface area (Å²) in [6, 6.07) is 8.68. The van der Waals surface area contributed by atoms with Gasteiger partial charge < -0.3 is 19.0 Å². The van der Waals surface area contributed by atoms with E-state index in [-0.39, 0.29) is 12.4 Å². The normalized spacial score (nSPS) is 12.8. The molecule has 3 heterocycles. The fraction of sp³-hybridized carbons (Fsp3) is 0.0667. The highest BCUT2D eigenvalue weighted by molar-refractivity contribution is 5.88. The van der Waals surface area contributed by atoms with Crippen LogP contribution < -0.4 is 9.47 Å². The van der Waals surface area contributed by atoms with Gasteiger partial charge in [-0.15, -0.1) is 0 Å². The fourth-order valence-corrected chi connectivity index (χ4v) is 2.31. The van der Waals surface area contributed by atoms with Crippen molar-refractivity contribution in [1.82, 2.24) is 9.38 Å². The van der Waals surface area contributed by atoms with E-state index in [1.165, 1.54) is 0 Å². The van der Waals surface area contributed by atoms with Gasteiger partial charge in [0, 0.05) is 18.0 Å². The maximum Gasteiger partial charge on any atom is 0.335 e. The van der Waals surface area contributed by atoms with Crippen LogP contribution in [0.5, 0.6) is 11.5 Å². The summed E-state index contributed by atoms with van der Waals surface area (Å²) in [5, 5.41) is 9.01. The molecule has 0 bridgehead atoms. The Morgan fingerprint density at radius 2 is 2.05 bits per heavy atom. The number of aromatic nitrogens is 2. The standard InChI is InChI=1S/C15H10N2O4/c18-15(19)10-3-4-17-7-11(16-14(17)6-10)9-1-2-12-13(5-9)21-8-20-12/h1-7H,8H2,(H,18,19). The summed E-state index contributed by atoms with van der Waals surface area (Å²) in [5.41, 5.74) is 2.43. The highest BCUT2D eigenvalue weighted by atomic mass is 16.7. The maximum absolute atomic E-state index is 11.0. The first kappa shape index (κ1) is 11.8. The largest absolute Gasteiger partial charge is 0.478 e. The van der Waals surface area contributed by atoms with Crippen molar-refractivity contribution in [3.8, 4) is 22.8 Å². The monoisotopic (exact) mass is 282 g/mol. The molecule has 4 rings (SSSR count). The molecule has 6 nitrogen and oxygen atoms in total. The summed E-state index contributed by atoms with van der Waals surface area (Å²) in [5.74, 6) is 0.441. The first-order chi connectivity index (χ1) is 10.2. The first-order valence-electron chi connectivity index (χ1n) is 6.33. The van der Waals surface area contributed by atoms with Gasteiger partial charge in [0.1, 0.15) is 5.65 Å². The Morgan fingerprint density at radius 1 is 1.19 bits per heavy atom. The Hall–Kier alpha value is -3.02. The molecule has 1 aliphatic heterocycles. The molecule has 21 heavy (non-hydrogen) atoms. The van der Waals surface area contributed by atoms with Gasteiger partial charge in [0.05, 0.1) is 11.3 Å². The second-order valence-corrected chi connectivity index (χ2v) is 4.68. The molecule has 6 heteroatoms. The van der Waals surface area contributed by atoms with Crippen molar-refractivity contribution in [2.45, 2.75) is 0 Å². The number of rotatable bonds is 2. The van der Waals surface area contributed by atoms with Crippen LogP contribution in [0.15, 0.2) is 42.7 Å². The van der Waals surface area contributed by atoms with Crippen molar-refractivity contribution in [2.24, 2.45) is 0 Å². The number of fused-ring (bicyclic) bond motifs is 2. The van der Waals surface area contributed by atoms with Crippen LogP contribution in [0.2, 0.25) is 0 Å². The van der Waals surface area contributed by atoms with E-state index in [2.05, 4.69) is 4.98 Å². The number of hydrogen-bond donors (Lipinski definition) is 1. The summed E-state index contributed by atoms with van der Waals surface area (Å²) < 4.78 is 12.4. The van der Waals surface area contributed by atoms with E-state index < -0.39 is 5.97 Å². The smallest absolute Gasteiger partial charge is 0.335 e. The Labute approximate surface area is 119 Å². The molecule has 3 aromatic rings. The van der Waals surface area contributed by atoms with E-state index in [9.17, 15) is 4.79 Å². The van der Waals surface area contributed by atoms with Crippen LogP contribution in [-0.4, -0.2) is 27.3 Å². The van der Waals surface area contributed by atoms with Gasteiger partial charge in [-0.2, -0.15) is 0 Å². The van der Waals surface area contributed by atoms with Gasteiger partial charge in [0.2, 0.25) is 6.79 Å². The van der Waals surface area contributed by atoms with Crippen molar-refractivity contribution in [2.75, 3.05) is 6.79 Å². The second kappa shape index (κ2) is 4.24. The van der Waals surface area contributed by atoms with Crippen molar-refractivity contribution >= 4 is 11.6 Å². The van der Waals surface area contributed by atoms with Crippen LogP contribution in [0.4, 0.5) is 0 Å². The predicted molar refractivity (Wildman–Crippen MR) is 73.7 cm³/mol. The second-order valence-electron chi connectivity index (χ2n) is 4.68. The maximum atomic E-state index is 11.0. The van der Waals surface area contributed by atoms with Crippen LogP contribution >= 0.6 is 0 Å². The lowest BCUT2D eigenvalue weighted by molar-refractivity contribution is 0.0697. The van der Waals surface area contributed by atoms with Crippen LogP contribution in [-0.2, 0) is 0 Å². The van der Waals surface area contributed by atoms with Gasteiger partial charge in [0.15, 0.2) is 11.5 Å². The molecule has 0 fully saturated rings. The molecule has 0 atom stereocenters. The lowest BCUT2D eigenvalue weighted by Crippen LogP contribution is -1.96. The molecule has 0 saturated carbocycles. The SMILES string of the molecule is O=C(O)c1ccn2cc(-c3ccc4c(c3)OCO4)nc2c1. The van der Waals surface area contributed by atoms with E-state index in [1.807, 2.05) is 24.4 Å². The third-order valence-corrected chi connectivity index (χ3v) is 3.38. The highest BCUT2D eigenvalue weighted by Gasteiger charge is 2.15. The van der Waals surface area contributed by atoms with Gasteiger partial charge in [-0.05, 0) is 30.3 Å². The van der Waals surface area contributed by atoms with Crippen LogP contribution in [0.25, 0.3) is 16.9 Å². The minimum absolute atomic E-state index is 0.213. The predicted octanol–water partition coefficient (Wildman–Crippen LogP) is 2.43. The molecule has 0 amide bonds. The quantitative estimate of drug-likeness (QED) is 0.781. The zero-order valence-electron chi connectivity index (χ0n) is 10.8. The Morgan fingerprint density at radius 3 is 2.90 bits per heavy atom. The summed E-state index contributed by atoms with van der Waals surface area (Å²) in [4.78, 5) is 15.4. The molecule has 0 saturated heterocycles. The molecular formula is C15H10N2O4. The number of aromatic carboxylic acids is 1. The van der Waals surface area contributed by atoms with E-state index in [4.69, 9.17) is 14.6 Å². The summed E-state index contributed by atoms with van der Waals surface area (Å²) in [7, 11) is 0.